The highest BCUT2D eigenvalue weighted by Crippen LogP contribution is 2.56. The average Bonchev–Trinajstić information content (AvgIpc) is 3.19. The summed E-state index contributed by atoms with van der Waals surface area (Å²) in [4.78, 5) is 6.85. The maximum absolute atomic E-state index is 6.00. The van der Waals surface area contributed by atoms with Crippen LogP contribution in [0.2, 0.25) is 0 Å². The Hall–Kier alpha value is -0.980. The Morgan fingerprint density at radius 1 is 1.35 bits per heavy atom. The lowest BCUT2D eigenvalue weighted by Crippen LogP contribution is -2.62. The number of nitrogens with zero attached hydrogens (tertiary/aromatic N) is 3. The Labute approximate surface area is 138 Å². The second-order valence-electron chi connectivity index (χ2n) is 6.90. The zero-order valence-electron chi connectivity index (χ0n) is 14.6. The Bertz CT molecular complexity index is 499. The molecule has 1 aromatic heterocycles. The van der Waals surface area contributed by atoms with Gasteiger partial charge in [-0.1, -0.05) is 18.0 Å². The molecule has 0 N–H and O–H groups in total. The Balaban J connectivity index is 1.59. The zero-order chi connectivity index (χ0) is 16.3. The van der Waals surface area contributed by atoms with Crippen LogP contribution >= 0.6 is 0 Å². The molecule has 2 atom stereocenters. The molecule has 1 spiro atoms. The Morgan fingerprint density at radius 3 is 2.83 bits per heavy atom. The van der Waals surface area contributed by atoms with Crippen LogP contribution in [0.1, 0.15) is 50.7 Å². The van der Waals surface area contributed by atoms with Crippen LogP contribution in [-0.4, -0.2) is 54.6 Å². The first-order valence-electron chi connectivity index (χ1n) is 8.82. The van der Waals surface area contributed by atoms with E-state index in [0.717, 1.165) is 18.9 Å². The van der Waals surface area contributed by atoms with E-state index in [2.05, 4.69) is 29.0 Å². The summed E-state index contributed by atoms with van der Waals surface area (Å²) >= 11 is 0. The maximum Gasteiger partial charge on any atom is 0.240 e. The van der Waals surface area contributed by atoms with E-state index in [4.69, 9.17) is 14.0 Å². The molecule has 0 aliphatic heterocycles. The number of hydrogen-bond donors (Lipinski definition) is 0. The van der Waals surface area contributed by atoms with E-state index in [1.807, 2.05) is 0 Å². The van der Waals surface area contributed by atoms with Crippen molar-refractivity contribution in [3.63, 3.8) is 0 Å². The van der Waals surface area contributed by atoms with Gasteiger partial charge in [0.15, 0.2) is 5.82 Å². The van der Waals surface area contributed by atoms with Gasteiger partial charge in [-0.25, -0.2) is 0 Å². The lowest BCUT2D eigenvalue weighted by molar-refractivity contribution is -0.163. The second kappa shape index (κ2) is 7.28. The summed E-state index contributed by atoms with van der Waals surface area (Å²) < 4.78 is 16.4. The van der Waals surface area contributed by atoms with Gasteiger partial charge in [-0.15, -0.1) is 0 Å². The maximum atomic E-state index is 6.00. The largest absolute Gasteiger partial charge is 0.384 e. The quantitative estimate of drug-likeness (QED) is 0.732. The van der Waals surface area contributed by atoms with Crippen molar-refractivity contribution in [3.05, 3.63) is 11.7 Å². The van der Waals surface area contributed by atoms with Crippen LogP contribution in [0.4, 0.5) is 0 Å². The summed E-state index contributed by atoms with van der Waals surface area (Å²) in [6, 6.07) is 0.566. The van der Waals surface area contributed by atoms with Gasteiger partial charge < -0.3 is 14.0 Å². The molecule has 2 saturated carbocycles. The number of methoxy groups -OCH3 is 1. The van der Waals surface area contributed by atoms with E-state index in [1.165, 1.54) is 25.7 Å². The van der Waals surface area contributed by atoms with Gasteiger partial charge >= 0.3 is 0 Å². The number of hydrogen-bond acceptors (Lipinski definition) is 6. The first-order valence-corrected chi connectivity index (χ1v) is 8.82. The predicted octanol–water partition coefficient (Wildman–Crippen LogP) is 2.43. The van der Waals surface area contributed by atoms with Crippen LogP contribution in [0.25, 0.3) is 0 Å². The molecule has 1 aromatic rings. The van der Waals surface area contributed by atoms with E-state index in [-0.39, 0.29) is 0 Å². The van der Waals surface area contributed by atoms with Crippen molar-refractivity contribution < 1.29 is 14.0 Å². The zero-order valence-corrected chi connectivity index (χ0v) is 14.6. The third-order valence-electron chi connectivity index (χ3n) is 5.60. The smallest absolute Gasteiger partial charge is 0.240 e. The molecule has 3 rings (SSSR count). The first kappa shape index (κ1) is 16.9. The molecule has 0 radical (unpaired) electrons. The van der Waals surface area contributed by atoms with Gasteiger partial charge in [-0.2, -0.15) is 4.98 Å². The van der Waals surface area contributed by atoms with Crippen molar-refractivity contribution in [1.82, 2.24) is 15.0 Å². The fourth-order valence-electron chi connectivity index (χ4n) is 4.44. The summed E-state index contributed by atoms with van der Waals surface area (Å²) in [7, 11) is 3.85. The molecule has 6 heteroatoms. The summed E-state index contributed by atoms with van der Waals surface area (Å²) in [5, 5.41) is 4.03. The molecular formula is C17H29N3O3. The minimum atomic E-state index is 0.351. The van der Waals surface area contributed by atoms with Crippen molar-refractivity contribution in [3.8, 4) is 0 Å². The molecule has 0 saturated heterocycles. The van der Waals surface area contributed by atoms with Gasteiger partial charge in [-0.3, -0.25) is 4.90 Å². The minimum Gasteiger partial charge on any atom is -0.384 e. The van der Waals surface area contributed by atoms with Crippen LogP contribution in [0.3, 0.4) is 0 Å². The van der Waals surface area contributed by atoms with E-state index in [0.29, 0.717) is 43.0 Å². The molecule has 0 bridgehead atoms. The fourth-order valence-corrected chi connectivity index (χ4v) is 4.44. The van der Waals surface area contributed by atoms with E-state index < -0.39 is 0 Å². The Kier molecular flexibility index (Phi) is 5.34. The van der Waals surface area contributed by atoms with Crippen molar-refractivity contribution in [2.45, 2.75) is 64.1 Å². The normalized spacial score (nSPS) is 26.1. The van der Waals surface area contributed by atoms with E-state index in [9.17, 15) is 0 Å². The van der Waals surface area contributed by atoms with Gasteiger partial charge in [0.05, 0.1) is 19.3 Å². The predicted molar refractivity (Wildman–Crippen MR) is 86.1 cm³/mol. The van der Waals surface area contributed by atoms with Gasteiger partial charge in [0.2, 0.25) is 5.89 Å². The molecule has 130 valence electrons. The van der Waals surface area contributed by atoms with Crippen LogP contribution in [0.5, 0.6) is 0 Å². The highest BCUT2D eigenvalue weighted by Gasteiger charge is 2.57. The van der Waals surface area contributed by atoms with Crippen LogP contribution in [-0.2, 0) is 22.4 Å². The van der Waals surface area contributed by atoms with Crippen LogP contribution < -0.4 is 0 Å². The molecule has 6 nitrogen and oxygen atoms in total. The SMILES string of the molecule is CCO[C@@H]1C[C@H](N(C)Cc2nc(CCOC)no2)C12CCCC2. The van der Waals surface area contributed by atoms with Crippen molar-refractivity contribution >= 4 is 0 Å². The average molecular weight is 323 g/mol. The Morgan fingerprint density at radius 2 is 2.13 bits per heavy atom. The number of ether oxygens (including phenoxy) is 2. The van der Waals surface area contributed by atoms with Gasteiger partial charge in [-0.05, 0) is 33.2 Å². The number of aromatic nitrogens is 2. The molecule has 2 aliphatic rings. The van der Waals surface area contributed by atoms with Gasteiger partial charge in [0.25, 0.3) is 0 Å². The lowest BCUT2D eigenvalue weighted by Gasteiger charge is -2.57. The third-order valence-corrected chi connectivity index (χ3v) is 5.60. The molecule has 2 fully saturated rings. The molecule has 0 amide bonds. The standard InChI is InChI=1S/C17H29N3O3/c1-4-22-14-11-13(17(14)8-5-6-9-17)20(2)12-16-18-15(19-23-16)7-10-21-3/h13-14H,4-12H2,1-3H3/t13-,14+/m0/s1. The fraction of sp³-hybridized carbons (Fsp3) is 0.882. The molecule has 2 aliphatic carbocycles. The van der Waals surface area contributed by atoms with Gasteiger partial charge in [0.1, 0.15) is 0 Å². The highest BCUT2D eigenvalue weighted by molar-refractivity contribution is 5.10. The monoisotopic (exact) mass is 323 g/mol. The number of rotatable bonds is 8. The molecule has 1 heterocycles. The third kappa shape index (κ3) is 3.30. The van der Waals surface area contributed by atoms with Crippen molar-refractivity contribution in [1.29, 1.82) is 0 Å². The topological polar surface area (TPSA) is 60.6 Å². The molecule has 23 heavy (non-hydrogen) atoms. The minimum absolute atomic E-state index is 0.351. The van der Waals surface area contributed by atoms with Gasteiger partial charge in [0, 0.05) is 31.6 Å². The summed E-state index contributed by atoms with van der Waals surface area (Å²) in [6.07, 6.45) is 7.48. The summed E-state index contributed by atoms with van der Waals surface area (Å²) in [6.45, 7) is 4.25. The highest BCUT2D eigenvalue weighted by atomic mass is 16.5. The molecule has 0 aromatic carbocycles. The molecular weight excluding hydrogens is 294 g/mol. The van der Waals surface area contributed by atoms with E-state index in [1.54, 1.807) is 7.11 Å². The molecule has 0 unspecified atom stereocenters. The van der Waals surface area contributed by atoms with Crippen LogP contribution in [0.15, 0.2) is 4.52 Å². The van der Waals surface area contributed by atoms with E-state index >= 15 is 0 Å². The second-order valence-corrected chi connectivity index (χ2v) is 6.90. The first-order chi connectivity index (χ1) is 11.2. The van der Waals surface area contributed by atoms with Crippen LogP contribution in [0, 0.1) is 5.41 Å². The lowest BCUT2D eigenvalue weighted by atomic mass is 9.60. The summed E-state index contributed by atoms with van der Waals surface area (Å²) in [5.74, 6) is 1.43. The van der Waals surface area contributed by atoms with Crippen molar-refractivity contribution in [2.24, 2.45) is 5.41 Å². The summed E-state index contributed by atoms with van der Waals surface area (Å²) in [5.41, 5.74) is 0.351. The van der Waals surface area contributed by atoms with Crippen molar-refractivity contribution in [2.75, 3.05) is 27.4 Å².